The summed E-state index contributed by atoms with van der Waals surface area (Å²) in [7, 11) is 0. The lowest BCUT2D eigenvalue weighted by atomic mass is 10.1. The van der Waals surface area contributed by atoms with Crippen LogP contribution in [-0.2, 0) is 4.79 Å². The number of carbonyl (C=O) groups excluding carboxylic acids is 1. The van der Waals surface area contributed by atoms with Crippen LogP contribution in [0.25, 0.3) is 10.2 Å². The summed E-state index contributed by atoms with van der Waals surface area (Å²) in [5, 5.41) is 3.98. The number of carbonyl (C=O) groups is 1. The molecule has 0 aliphatic carbocycles. The fourth-order valence-electron chi connectivity index (χ4n) is 2.68. The maximum Gasteiger partial charge on any atom is 0.238 e. The second kappa shape index (κ2) is 7.63. The van der Waals surface area contributed by atoms with Gasteiger partial charge in [-0.1, -0.05) is 42.1 Å². The van der Waals surface area contributed by atoms with Crippen molar-refractivity contribution in [2.75, 3.05) is 5.73 Å². The Morgan fingerprint density at radius 1 is 1.19 bits per heavy atom. The van der Waals surface area contributed by atoms with Crippen molar-refractivity contribution in [3.8, 4) is 0 Å². The molecule has 1 aromatic carbocycles. The van der Waals surface area contributed by atoms with Gasteiger partial charge in [-0.3, -0.25) is 4.79 Å². The summed E-state index contributed by atoms with van der Waals surface area (Å²) >= 11 is 2.93. The van der Waals surface area contributed by atoms with E-state index in [2.05, 4.69) is 22.2 Å². The largest absolute Gasteiger partial charge is 0.383 e. The Morgan fingerprint density at radius 3 is 2.54 bits per heavy atom. The molecule has 2 aromatic heterocycles. The number of fused-ring (bicyclic) bond motifs is 1. The van der Waals surface area contributed by atoms with Crippen LogP contribution in [0.1, 0.15) is 35.1 Å². The first-order valence-corrected chi connectivity index (χ1v) is 10.1. The minimum absolute atomic E-state index is 0.0583. The molecular weight excluding hydrogens is 364 g/mol. The Kier molecular flexibility index (Phi) is 5.48. The van der Waals surface area contributed by atoms with Crippen molar-refractivity contribution in [3.05, 3.63) is 46.3 Å². The van der Waals surface area contributed by atoms with Gasteiger partial charge in [0.05, 0.1) is 5.39 Å². The molecule has 26 heavy (non-hydrogen) atoms. The fourth-order valence-corrected chi connectivity index (χ4v) is 4.75. The van der Waals surface area contributed by atoms with Crippen LogP contribution < -0.4 is 11.1 Å². The Balaban J connectivity index is 1.99. The molecule has 2 heterocycles. The minimum atomic E-state index is -0.433. The number of anilines is 1. The van der Waals surface area contributed by atoms with Crippen LogP contribution >= 0.6 is 23.1 Å². The van der Waals surface area contributed by atoms with E-state index in [0.717, 1.165) is 21.3 Å². The number of hydrogen-bond donors (Lipinski definition) is 2. The fraction of sp³-hybridized carbons (Fsp3) is 0.316. The van der Waals surface area contributed by atoms with Crippen LogP contribution in [0, 0.1) is 13.8 Å². The van der Waals surface area contributed by atoms with E-state index in [0.29, 0.717) is 11.0 Å². The molecular formula is C19H22N4OS2. The molecule has 1 unspecified atom stereocenters. The van der Waals surface area contributed by atoms with Gasteiger partial charge >= 0.3 is 0 Å². The SMILES string of the molecule is Cc1sc2nc(SC(C(=O)NC(C)C)c3ccccc3)nc(N)c2c1C. The molecule has 0 fully saturated rings. The highest BCUT2D eigenvalue weighted by molar-refractivity contribution is 8.00. The second-order valence-corrected chi connectivity index (χ2v) is 8.70. The minimum Gasteiger partial charge on any atom is -0.383 e. The Labute approximate surface area is 161 Å². The molecule has 0 bridgehead atoms. The number of nitrogens with one attached hydrogen (secondary N) is 1. The van der Waals surface area contributed by atoms with E-state index in [9.17, 15) is 4.79 Å². The zero-order valence-corrected chi connectivity index (χ0v) is 16.9. The van der Waals surface area contributed by atoms with Crippen molar-refractivity contribution in [2.45, 2.75) is 44.1 Å². The average Bonchev–Trinajstić information content (AvgIpc) is 2.87. The van der Waals surface area contributed by atoms with Crippen molar-refractivity contribution in [2.24, 2.45) is 0 Å². The predicted molar refractivity (Wildman–Crippen MR) is 110 cm³/mol. The first kappa shape index (κ1) is 18.7. The zero-order valence-electron chi connectivity index (χ0n) is 15.2. The van der Waals surface area contributed by atoms with Gasteiger partial charge < -0.3 is 11.1 Å². The first-order valence-electron chi connectivity index (χ1n) is 8.42. The quantitative estimate of drug-likeness (QED) is 0.506. The van der Waals surface area contributed by atoms with Gasteiger partial charge in [-0.2, -0.15) is 0 Å². The van der Waals surface area contributed by atoms with Gasteiger partial charge in [-0.25, -0.2) is 9.97 Å². The van der Waals surface area contributed by atoms with Gasteiger partial charge in [0.25, 0.3) is 0 Å². The Hall–Kier alpha value is -2.12. The first-order chi connectivity index (χ1) is 12.4. The smallest absolute Gasteiger partial charge is 0.238 e. The zero-order chi connectivity index (χ0) is 18.8. The summed E-state index contributed by atoms with van der Waals surface area (Å²) in [6.07, 6.45) is 0. The third kappa shape index (κ3) is 3.83. The number of nitrogens with zero attached hydrogens (tertiary/aromatic N) is 2. The van der Waals surface area contributed by atoms with Gasteiger partial charge in [0.1, 0.15) is 15.9 Å². The summed E-state index contributed by atoms with van der Waals surface area (Å²) in [5.74, 6) is 0.410. The summed E-state index contributed by atoms with van der Waals surface area (Å²) in [4.78, 5) is 23.9. The van der Waals surface area contributed by atoms with E-state index in [1.54, 1.807) is 11.3 Å². The highest BCUT2D eigenvalue weighted by Crippen LogP contribution is 2.38. The molecule has 3 aromatic rings. The number of amides is 1. The second-order valence-electron chi connectivity index (χ2n) is 6.43. The molecule has 0 saturated heterocycles. The number of thiophene rings is 1. The summed E-state index contributed by atoms with van der Waals surface area (Å²) in [5.41, 5.74) is 8.22. The Bertz CT molecular complexity index is 938. The van der Waals surface area contributed by atoms with E-state index in [-0.39, 0.29) is 11.9 Å². The molecule has 3 N–H and O–H groups in total. The van der Waals surface area contributed by atoms with Gasteiger partial charge in [0.2, 0.25) is 5.91 Å². The predicted octanol–water partition coefficient (Wildman–Crippen LogP) is 4.25. The lowest BCUT2D eigenvalue weighted by Crippen LogP contribution is -2.33. The number of hydrogen-bond acceptors (Lipinski definition) is 6. The maximum absolute atomic E-state index is 12.7. The molecule has 3 rings (SSSR count). The van der Waals surface area contributed by atoms with Gasteiger partial charge in [-0.05, 0) is 38.8 Å². The lowest BCUT2D eigenvalue weighted by molar-refractivity contribution is -0.121. The molecule has 7 heteroatoms. The number of benzene rings is 1. The number of nitrogens with two attached hydrogens (primary N) is 1. The average molecular weight is 387 g/mol. The number of nitrogen functional groups attached to an aromatic ring is 1. The van der Waals surface area contributed by atoms with E-state index in [1.807, 2.05) is 51.1 Å². The molecule has 0 aliphatic rings. The third-order valence-electron chi connectivity index (χ3n) is 4.03. The molecule has 0 saturated carbocycles. The van der Waals surface area contributed by atoms with Gasteiger partial charge in [-0.15, -0.1) is 11.3 Å². The molecule has 0 spiro atoms. The number of aryl methyl sites for hydroxylation is 2. The monoisotopic (exact) mass is 386 g/mol. The Morgan fingerprint density at radius 2 is 1.88 bits per heavy atom. The molecule has 5 nitrogen and oxygen atoms in total. The van der Waals surface area contributed by atoms with Crippen LogP contribution in [0.4, 0.5) is 5.82 Å². The van der Waals surface area contributed by atoms with Crippen LogP contribution in [0.2, 0.25) is 0 Å². The number of thioether (sulfide) groups is 1. The summed E-state index contributed by atoms with van der Waals surface area (Å²) in [6.45, 7) is 7.98. The summed E-state index contributed by atoms with van der Waals surface area (Å²) < 4.78 is 0. The van der Waals surface area contributed by atoms with Crippen molar-refractivity contribution < 1.29 is 4.79 Å². The third-order valence-corrected chi connectivity index (χ3v) is 6.25. The van der Waals surface area contributed by atoms with E-state index < -0.39 is 5.25 Å². The molecule has 1 amide bonds. The van der Waals surface area contributed by atoms with E-state index >= 15 is 0 Å². The van der Waals surface area contributed by atoms with Gasteiger partial charge in [0, 0.05) is 10.9 Å². The van der Waals surface area contributed by atoms with Crippen LogP contribution in [0.3, 0.4) is 0 Å². The number of rotatable bonds is 5. The highest BCUT2D eigenvalue weighted by Gasteiger charge is 2.25. The van der Waals surface area contributed by atoms with Gasteiger partial charge in [0.15, 0.2) is 5.16 Å². The molecule has 136 valence electrons. The van der Waals surface area contributed by atoms with Crippen LogP contribution in [0.5, 0.6) is 0 Å². The van der Waals surface area contributed by atoms with Crippen molar-refractivity contribution in [1.29, 1.82) is 0 Å². The molecule has 1 atom stereocenters. The van der Waals surface area contributed by atoms with E-state index in [1.165, 1.54) is 16.6 Å². The van der Waals surface area contributed by atoms with Crippen LogP contribution in [0.15, 0.2) is 35.5 Å². The lowest BCUT2D eigenvalue weighted by Gasteiger charge is -2.18. The molecule has 0 aliphatic heterocycles. The number of aromatic nitrogens is 2. The highest BCUT2D eigenvalue weighted by atomic mass is 32.2. The maximum atomic E-state index is 12.7. The summed E-state index contributed by atoms with van der Waals surface area (Å²) in [6, 6.07) is 9.73. The van der Waals surface area contributed by atoms with E-state index in [4.69, 9.17) is 5.73 Å². The topological polar surface area (TPSA) is 80.9 Å². The van der Waals surface area contributed by atoms with Crippen molar-refractivity contribution >= 4 is 45.0 Å². The van der Waals surface area contributed by atoms with Crippen molar-refractivity contribution in [1.82, 2.24) is 15.3 Å². The van der Waals surface area contributed by atoms with Crippen LogP contribution in [-0.4, -0.2) is 21.9 Å². The standard InChI is InChI=1S/C19H22N4OS2/c1-10(2)21-17(24)15(13-8-6-5-7-9-13)26-19-22-16(20)14-11(3)12(4)25-18(14)23-19/h5-10,15H,1-4H3,(H,21,24)(H2,20,22,23). The van der Waals surface area contributed by atoms with Crippen molar-refractivity contribution in [3.63, 3.8) is 0 Å². The molecule has 0 radical (unpaired) electrons. The normalized spacial score (nSPS) is 12.5.